The summed E-state index contributed by atoms with van der Waals surface area (Å²) in [5, 5.41) is 3.81. The number of aryl methyl sites for hydroxylation is 1. The van der Waals surface area contributed by atoms with E-state index >= 15 is 0 Å². The van der Waals surface area contributed by atoms with Crippen molar-refractivity contribution in [3.63, 3.8) is 0 Å². The maximum Gasteiger partial charge on any atom is 0.355 e. The summed E-state index contributed by atoms with van der Waals surface area (Å²) in [6.07, 6.45) is 3.23. The van der Waals surface area contributed by atoms with Gasteiger partial charge in [0.1, 0.15) is 18.3 Å². The van der Waals surface area contributed by atoms with Gasteiger partial charge in [-0.15, -0.1) is 0 Å². The summed E-state index contributed by atoms with van der Waals surface area (Å²) in [7, 11) is 1.87. The van der Waals surface area contributed by atoms with Crippen molar-refractivity contribution in [3.8, 4) is 0 Å². The number of anilines is 1. The first kappa shape index (κ1) is 6.09. The lowest BCUT2D eigenvalue weighted by Crippen LogP contribution is -2.30. The maximum absolute atomic E-state index is 5.59. The van der Waals surface area contributed by atoms with E-state index in [0.29, 0.717) is 5.82 Å². The lowest BCUT2D eigenvalue weighted by Gasteiger charge is -1.85. The Labute approximate surface area is 62.9 Å². The SMILES string of the molecule is C[n+]1[nH]cc2c(N)ncnc21. The molecule has 11 heavy (non-hydrogen) atoms. The Morgan fingerprint density at radius 3 is 3.09 bits per heavy atom. The summed E-state index contributed by atoms with van der Waals surface area (Å²) in [5.74, 6) is 0.506. The number of fused-ring (bicyclic) bond motifs is 1. The Bertz CT molecular complexity index is 391. The Kier molecular flexibility index (Phi) is 1.06. The summed E-state index contributed by atoms with van der Waals surface area (Å²) in [6.45, 7) is 0. The van der Waals surface area contributed by atoms with Crippen molar-refractivity contribution in [1.29, 1.82) is 0 Å². The van der Waals surface area contributed by atoms with Gasteiger partial charge in [0.15, 0.2) is 0 Å². The lowest BCUT2D eigenvalue weighted by atomic mass is 10.4. The Morgan fingerprint density at radius 1 is 1.55 bits per heavy atom. The first-order chi connectivity index (χ1) is 5.29. The molecule has 0 aliphatic rings. The second-order valence-electron chi connectivity index (χ2n) is 2.33. The molecule has 0 radical (unpaired) electrons. The molecule has 3 N–H and O–H groups in total. The smallest absolute Gasteiger partial charge is 0.355 e. The van der Waals surface area contributed by atoms with Gasteiger partial charge in [0.25, 0.3) is 0 Å². The number of nitrogens with zero attached hydrogens (tertiary/aromatic N) is 3. The van der Waals surface area contributed by atoms with E-state index in [0.717, 1.165) is 11.0 Å². The van der Waals surface area contributed by atoms with Crippen LogP contribution in [0.5, 0.6) is 0 Å². The number of H-pyrrole nitrogens is 1. The molecule has 2 heterocycles. The van der Waals surface area contributed by atoms with Crippen molar-refractivity contribution in [2.24, 2.45) is 7.05 Å². The minimum atomic E-state index is 0.506. The number of hydrogen-bond acceptors (Lipinski definition) is 3. The molecular weight excluding hydrogens is 142 g/mol. The van der Waals surface area contributed by atoms with E-state index in [1.807, 2.05) is 7.05 Å². The number of aromatic amines is 1. The largest absolute Gasteiger partial charge is 0.383 e. The molecule has 2 aromatic rings. The van der Waals surface area contributed by atoms with Crippen LogP contribution in [0.25, 0.3) is 11.0 Å². The number of nitrogen functional groups attached to an aromatic ring is 1. The van der Waals surface area contributed by atoms with Crippen LogP contribution in [-0.2, 0) is 7.05 Å². The zero-order chi connectivity index (χ0) is 7.84. The third-order valence-electron chi connectivity index (χ3n) is 1.61. The van der Waals surface area contributed by atoms with Crippen LogP contribution in [0.15, 0.2) is 12.5 Å². The summed E-state index contributed by atoms with van der Waals surface area (Å²) in [4.78, 5) is 7.90. The van der Waals surface area contributed by atoms with E-state index in [2.05, 4.69) is 15.1 Å². The van der Waals surface area contributed by atoms with Crippen molar-refractivity contribution in [2.45, 2.75) is 0 Å². The van der Waals surface area contributed by atoms with Crippen LogP contribution in [0.1, 0.15) is 0 Å². The van der Waals surface area contributed by atoms with Gasteiger partial charge in [0, 0.05) is 0 Å². The lowest BCUT2D eigenvalue weighted by molar-refractivity contribution is -0.704. The first-order valence-electron chi connectivity index (χ1n) is 3.22. The van der Waals surface area contributed by atoms with E-state index in [-0.39, 0.29) is 0 Å². The second kappa shape index (κ2) is 1.91. The predicted octanol–water partition coefficient (Wildman–Crippen LogP) is -0.635. The fourth-order valence-corrected chi connectivity index (χ4v) is 1.03. The molecule has 2 aromatic heterocycles. The highest BCUT2D eigenvalue weighted by molar-refractivity contribution is 5.81. The van der Waals surface area contributed by atoms with Gasteiger partial charge < -0.3 is 5.73 Å². The van der Waals surface area contributed by atoms with Crippen molar-refractivity contribution >= 4 is 16.9 Å². The van der Waals surface area contributed by atoms with Gasteiger partial charge >= 0.3 is 5.65 Å². The number of nitrogens with two attached hydrogens (primary N) is 1. The van der Waals surface area contributed by atoms with Crippen LogP contribution in [0.4, 0.5) is 5.82 Å². The Balaban J connectivity index is 2.94. The van der Waals surface area contributed by atoms with Crippen molar-refractivity contribution in [3.05, 3.63) is 12.5 Å². The van der Waals surface area contributed by atoms with E-state index in [9.17, 15) is 0 Å². The van der Waals surface area contributed by atoms with Gasteiger partial charge in [-0.2, -0.15) is 9.67 Å². The zero-order valence-corrected chi connectivity index (χ0v) is 6.07. The van der Waals surface area contributed by atoms with E-state index in [1.54, 1.807) is 10.9 Å². The molecule has 0 spiro atoms. The molecule has 0 saturated heterocycles. The Hall–Kier alpha value is -1.65. The van der Waals surface area contributed by atoms with Crippen LogP contribution in [-0.4, -0.2) is 15.1 Å². The van der Waals surface area contributed by atoms with Crippen molar-refractivity contribution in [2.75, 3.05) is 5.73 Å². The third-order valence-corrected chi connectivity index (χ3v) is 1.61. The molecule has 5 nitrogen and oxygen atoms in total. The van der Waals surface area contributed by atoms with Crippen LogP contribution in [0.3, 0.4) is 0 Å². The molecule has 0 bridgehead atoms. The summed E-state index contributed by atoms with van der Waals surface area (Å²) in [5.41, 5.74) is 6.40. The standard InChI is InChI=1S/C6H7N5/c1-11-6-4(2-10-11)5(7)8-3-9-6/h2-3H,1H3,(H2,7,8,9,10)/p+1. The van der Waals surface area contributed by atoms with Gasteiger partial charge in [0.2, 0.25) is 6.33 Å². The summed E-state index contributed by atoms with van der Waals surface area (Å²) >= 11 is 0. The molecular formula is C6H8N5+. The highest BCUT2D eigenvalue weighted by Gasteiger charge is 2.10. The fourth-order valence-electron chi connectivity index (χ4n) is 1.03. The van der Waals surface area contributed by atoms with Gasteiger partial charge in [-0.1, -0.05) is 0 Å². The minimum absolute atomic E-state index is 0.506. The maximum atomic E-state index is 5.59. The minimum Gasteiger partial charge on any atom is -0.383 e. The van der Waals surface area contributed by atoms with Crippen LogP contribution in [0, 0.1) is 0 Å². The number of nitrogens with one attached hydrogen (secondary N) is 1. The van der Waals surface area contributed by atoms with Gasteiger partial charge in [0.05, 0.1) is 6.20 Å². The van der Waals surface area contributed by atoms with Gasteiger partial charge in [-0.05, 0) is 4.98 Å². The van der Waals surface area contributed by atoms with E-state index < -0.39 is 0 Å². The van der Waals surface area contributed by atoms with Crippen LogP contribution in [0.2, 0.25) is 0 Å². The van der Waals surface area contributed by atoms with Crippen LogP contribution >= 0.6 is 0 Å². The molecule has 0 atom stereocenters. The molecule has 2 rings (SSSR count). The number of aromatic nitrogens is 4. The summed E-state index contributed by atoms with van der Waals surface area (Å²) < 4.78 is 1.79. The molecule has 0 amide bonds. The first-order valence-corrected chi connectivity index (χ1v) is 3.22. The average Bonchev–Trinajstić information content (AvgIpc) is 2.35. The molecule has 0 unspecified atom stereocenters. The highest BCUT2D eigenvalue weighted by atomic mass is 15.3. The fraction of sp³-hybridized carbons (Fsp3) is 0.167. The Morgan fingerprint density at radius 2 is 2.36 bits per heavy atom. The van der Waals surface area contributed by atoms with Crippen molar-refractivity contribution < 1.29 is 4.68 Å². The second-order valence-corrected chi connectivity index (χ2v) is 2.33. The number of rotatable bonds is 0. The molecule has 0 saturated carbocycles. The number of hydrogen-bond donors (Lipinski definition) is 2. The van der Waals surface area contributed by atoms with Crippen LogP contribution < -0.4 is 10.4 Å². The third kappa shape index (κ3) is 0.739. The summed E-state index contributed by atoms with van der Waals surface area (Å²) in [6, 6.07) is 0. The quantitative estimate of drug-likeness (QED) is 0.491. The zero-order valence-electron chi connectivity index (χ0n) is 6.07. The predicted molar refractivity (Wildman–Crippen MR) is 39.5 cm³/mol. The monoisotopic (exact) mass is 150 g/mol. The molecule has 0 aliphatic heterocycles. The average molecular weight is 150 g/mol. The highest BCUT2D eigenvalue weighted by Crippen LogP contribution is 2.09. The molecule has 56 valence electrons. The topological polar surface area (TPSA) is 71.5 Å². The molecule has 0 fully saturated rings. The van der Waals surface area contributed by atoms with Gasteiger partial charge in [-0.25, -0.2) is 5.10 Å². The molecule has 0 aliphatic carbocycles. The van der Waals surface area contributed by atoms with Crippen molar-refractivity contribution in [1.82, 2.24) is 15.1 Å². The molecule has 0 aromatic carbocycles. The van der Waals surface area contributed by atoms with E-state index in [1.165, 1.54) is 6.33 Å². The van der Waals surface area contributed by atoms with E-state index in [4.69, 9.17) is 5.73 Å². The normalized spacial score (nSPS) is 10.6. The van der Waals surface area contributed by atoms with Gasteiger partial charge in [-0.3, -0.25) is 0 Å². The molecule has 5 heteroatoms.